The first-order chi connectivity index (χ1) is 7.74. The van der Waals surface area contributed by atoms with Crippen molar-refractivity contribution >= 4 is 17.3 Å². The van der Waals surface area contributed by atoms with Crippen LogP contribution in [0.5, 0.6) is 0 Å². The predicted molar refractivity (Wildman–Crippen MR) is 63.4 cm³/mol. The van der Waals surface area contributed by atoms with Crippen LogP contribution in [0.15, 0.2) is 16.8 Å². The third kappa shape index (κ3) is 4.74. The average Bonchev–Trinajstić information content (AvgIpc) is 2.81. The van der Waals surface area contributed by atoms with E-state index < -0.39 is 6.10 Å². The number of carbonyl (C=O) groups is 1. The second-order valence-electron chi connectivity index (χ2n) is 3.46. The lowest BCUT2D eigenvalue weighted by Crippen LogP contribution is -2.22. The highest BCUT2D eigenvalue weighted by molar-refractivity contribution is 7.07. The number of rotatable bonds is 7. The molecular formula is C11H17NO3S. The SMILES string of the molecule is COC(=O)CCCNCC(O)c1ccsc1. The van der Waals surface area contributed by atoms with E-state index in [4.69, 9.17) is 0 Å². The van der Waals surface area contributed by atoms with E-state index in [9.17, 15) is 9.90 Å². The topological polar surface area (TPSA) is 58.6 Å². The molecule has 1 atom stereocenters. The van der Waals surface area contributed by atoms with Crippen LogP contribution in [-0.2, 0) is 9.53 Å². The van der Waals surface area contributed by atoms with Gasteiger partial charge in [0.15, 0.2) is 0 Å². The molecule has 4 nitrogen and oxygen atoms in total. The minimum Gasteiger partial charge on any atom is -0.469 e. The van der Waals surface area contributed by atoms with E-state index in [1.807, 2.05) is 16.8 Å². The van der Waals surface area contributed by atoms with Crippen molar-refractivity contribution in [1.29, 1.82) is 0 Å². The Balaban J connectivity index is 2.05. The van der Waals surface area contributed by atoms with Gasteiger partial charge >= 0.3 is 5.97 Å². The third-order valence-electron chi connectivity index (χ3n) is 2.23. The number of aliphatic hydroxyl groups excluding tert-OH is 1. The molecule has 1 heterocycles. The van der Waals surface area contributed by atoms with E-state index in [0.717, 1.165) is 12.0 Å². The number of thiophene rings is 1. The Bertz CT molecular complexity index is 300. The van der Waals surface area contributed by atoms with Gasteiger partial charge in [0.1, 0.15) is 0 Å². The van der Waals surface area contributed by atoms with Crippen molar-refractivity contribution in [3.63, 3.8) is 0 Å². The highest BCUT2D eigenvalue weighted by Gasteiger charge is 2.06. The molecule has 1 rings (SSSR count). The monoisotopic (exact) mass is 243 g/mol. The number of methoxy groups -OCH3 is 1. The second-order valence-corrected chi connectivity index (χ2v) is 4.24. The number of carbonyl (C=O) groups excluding carboxylic acids is 1. The highest BCUT2D eigenvalue weighted by atomic mass is 32.1. The fourth-order valence-corrected chi connectivity index (χ4v) is 1.99. The molecule has 1 unspecified atom stereocenters. The van der Waals surface area contributed by atoms with Gasteiger partial charge in [-0.05, 0) is 35.4 Å². The van der Waals surface area contributed by atoms with E-state index in [2.05, 4.69) is 10.1 Å². The molecule has 0 aliphatic heterocycles. The fraction of sp³-hybridized carbons (Fsp3) is 0.545. The van der Waals surface area contributed by atoms with E-state index in [0.29, 0.717) is 19.5 Å². The maximum atomic E-state index is 10.8. The van der Waals surface area contributed by atoms with Crippen molar-refractivity contribution < 1.29 is 14.6 Å². The zero-order valence-electron chi connectivity index (χ0n) is 9.31. The molecule has 0 fully saturated rings. The molecule has 0 spiro atoms. The summed E-state index contributed by atoms with van der Waals surface area (Å²) in [6, 6.07) is 1.91. The molecule has 0 saturated carbocycles. The molecule has 0 amide bonds. The maximum absolute atomic E-state index is 10.8. The summed E-state index contributed by atoms with van der Waals surface area (Å²) in [5.74, 6) is -0.194. The molecule has 0 radical (unpaired) electrons. The number of hydrogen-bond acceptors (Lipinski definition) is 5. The second kappa shape index (κ2) is 7.38. The highest BCUT2D eigenvalue weighted by Crippen LogP contribution is 2.14. The zero-order chi connectivity index (χ0) is 11.8. The van der Waals surface area contributed by atoms with Gasteiger partial charge in [-0.15, -0.1) is 0 Å². The van der Waals surface area contributed by atoms with Crippen LogP contribution in [0.1, 0.15) is 24.5 Å². The Hall–Kier alpha value is -0.910. The van der Waals surface area contributed by atoms with Gasteiger partial charge in [0, 0.05) is 13.0 Å². The largest absolute Gasteiger partial charge is 0.469 e. The van der Waals surface area contributed by atoms with Crippen LogP contribution >= 0.6 is 11.3 Å². The van der Waals surface area contributed by atoms with Gasteiger partial charge in [0.2, 0.25) is 0 Å². The molecule has 90 valence electrons. The van der Waals surface area contributed by atoms with Crippen LogP contribution in [0, 0.1) is 0 Å². The Morgan fingerprint density at radius 1 is 1.69 bits per heavy atom. The number of aliphatic hydroxyl groups is 1. The molecule has 0 saturated heterocycles. The van der Waals surface area contributed by atoms with Crippen molar-refractivity contribution in [2.24, 2.45) is 0 Å². The standard InChI is InChI=1S/C11H17NO3S/c1-15-11(14)3-2-5-12-7-10(13)9-4-6-16-8-9/h4,6,8,10,12-13H,2-3,5,7H2,1H3. The first kappa shape index (κ1) is 13.2. The van der Waals surface area contributed by atoms with Gasteiger partial charge in [-0.3, -0.25) is 4.79 Å². The van der Waals surface area contributed by atoms with E-state index >= 15 is 0 Å². The first-order valence-corrected chi connectivity index (χ1v) is 6.16. The first-order valence-electron chi connectivity index (χ1n) is 5.21. The normalized spacial score (nSPS) is 12.4. The third-order valence-corrected chi connectivity index (χ3v) is 2.93. The van der Waals surface area contributed by atoms with E-state index in [-0.39, 0.29) is 5.97 Å². The molecule has 2 N–H and O–H groups in total. The summed E-state index contributed by atoms with van der Waals surface area (Å²) in [4.78, 5) is 10.8. The lowest BCUT2D eigenvalue weighted by Gasteiger charge is -2.09. The van der Waals surface area contributed by atoms with Crippen LogP contribution in [-0.4, -0.2) is 31.3 Å². The summed E-state index contributed by atoms with van der Waals surface area (Å²) in [5.41, 5.74) is 0.936. The summed E-state index contributed by atoms with van der Waals surface area (Å²) in [6.07, 6.45) is 0.672. The van der Waals surface area contributed by atoms with Crippen LogP contribution in [0.4, 0.5) is 0 Å². The Morgan fingerprint density at radius 2 is 2.50 bits per heavy atom. The molecule has 1 aromatic rings. The molecule has 0 aromatic carbocycles. The number of hydrogen-bond donors (Lipinski definition) is 2. The summed E-state index contributed by atoms with van der Waals surface area (Å²) in [5, 5.41) is 16.7. The van der Waals surface area contributed by atoms with Crippen molar-refractivity contribution in [2.75, 3.05) is 20.2 Å². The average molecular weight is 243 g/mol. The predicted octanol–water partition coefficient (Wildman–Crippen LogP) is 1.32. The van der Waals surface area contributed by atoms with Crippen molar-refractivity contribution in [3.05, 3.63) is 22.4 Å². The Kier molecular flexibility index (Phi) is 6.07. The molecule has 16 heavy (non-hydrogen) atoms. The zero-order valence-corrected chi connectivity index (χ0v) is 10.1. The minimum atomic E-state index is -0.468. The van der Waals surface area contributed by atoms with E-state index in [1.54, 1.807) is 11.3 Å². The molecular weight excluding hydrogens is 226 g/mol. The number of esters is 1. The molecule has 0 aliphatic carbocycles. The molecule has 0 bridgehead atoms. The van der Waals surface area contributed by atoms with Crippen molar-refractivity contribution in [1.82, 2.24) is 5.32 Å². The van der Waals surface area contributed by atoms with Gasteiger partial charge in [-0.2, -0.15) is 11.3 Å². The van der Waals surface area contributed by atoms with E-state index in [1.165, 1.54) is 7.11 Å². The quantitative estimate of drug-likeness (QED) is 0.560. The van der Waals surface area contributed by atoms with Crippen molar-refractivity contribution in [2.45, 2.75) is 18.9 Å². The van der Waals surface area contributed by atoms with Crippen LogP contribution < -0.4 is 5.32 Å². The van der Waals surface area contributed by atoms with Crippen LogP contribution in [0.25, 0.3) is 0 Å². The number of ether oxygens (including phenoxy) is 1. The van der Waals surface area contributed by atoms with Gasteiger partial charge in [-0.1, -0.05) is 0 Å². The van der Waals surface area contributed by atoms with Crippen LogP contribution in [0.2, 0.25) is 0 Å². The van der Waals surface area contributed by atoms with Crippen molar-refractivity contribution in [3.8, 4) is 0 Å². The number of nitrogens with one attached hydrogen (secondary N) is 1. The summed E-state index contributed by atoms with van der Waals surface area (Å²) in [6.45, 7) is 1.22. The lowest BCUT2D eigenvalue weighted by molar-refractivity contribution is -0.140. The lowest BCUT2D eigenvalue weighted by atomic mass is 10.2. The smallest absolute Gasteiger partial charge is 0.305 e. The summed E-state index contributed by atoms with van der Waals surface area (Å²) in [7, 11) is 1.39. The summed E-state index contributed by atoms with van der Waals surface area (Å²) >= 11 is 1.57. The maximum Gasteiger partial charge on any atom is 0.305 e. The van der Waals surface area contributed by atoms with Gasteiger partial charge < -0.3 is 15.2 Å². The summed E-state index contributed by atoms with van der Waals surface area (Å²) < 4.78 is 4.52. The molecule has 0 aliphatic rings. The van der Waals surface area contributed by atoms with Gasteiger partial charge in [0.05, 0.1) is 13.2 Å². The Labute approximate surface area is 99.2 Å². The van der Waals surface area contributed by atoms with Gasteiger partial charge in [0.25, 0.3) is 0 Å². The molecule has 5 heteroatoms. The van der Waals surface area contributed by atoms with Gasteiger partial charge in [-0.25, -0.2) is 0 Å². The fourth-order valence-electron chi connectivity index (χ4n) is 1.28. The van der Waals surface area contributed by atoms with Crippen LogP contribution in [0.3, 0.4) is 0 Å². The Morgan fingerprint density at radius 3 is 3.12 bits per heavy atom. The molecule has 1 aromatic heterocycles. The minimum absolute atomic E-state index is 0.194.